The van der Waals surface area contributed by atoms with Crippen LogP contribution in [-0.2, 0) is 4.79 Å². The lowest BCUT2D eigenvalue weighted by Gasteiger charge is -2.07. The number of hydrogen-bond acceptors (Lipinski definition) is 8. The molecule has 0 spiro atoms. The van der Waals surface area contributed by atoms with Gasteiger partial charge in [-0.2, -0.15) is 0 Å². The van der Waals surface area contributed by atoms with Crippen LogP contribution in [0.2, 0.25) is 0 Å². The third-order valence-electron chi connectivity index (χ3n) is 4.27. The van der Waals surface area contributed by atoms with Crippen LogP contribution in [-0.4, -0.2) is 26.1 Å². The molecule has 0 atom stereocenters. The molecule has 5 rings (SSSR count). The van der Waals surface area contributed by atoms with Gasteiger partial charge in [-0.05, 0) is 35.5 Å². The number of rotatable bonds is 4. The number of nitrogens with one attached hydrogen (secondary N) is 1. The number of ether oxygens (including phenoxy) is 1. The Bertz CT molecular complexity index is 1320. The Kier molecular flexibility index (Phi) is 4.49. The molecule has 0 bridgehead atoms. The van der Waals surface area contributed by atoms with Crippen molar-refractivity contribution in [2.75, 3.05) is 0 Å². The van der Waals surface area contributed by atoms with Gasteiger partial charge in [0.1, 0.15) is 23.4 Å². The largest absolute Gasteiger partial charge is 0.456 e. The lowest BCUT2D eigenvalue weighted by Crippen LogP contribution is -2.17. The van der Waals surface area contributed by atoms with Crippen molar-refractivity contribution < 1.29 is 18.7 Å². The summed E-state index contributed by atoms with van der Waals surface area (Å²) in [4.78, 5) is 35.6. The van der Waals surface area contributed by atoms with Crippen molar-refractivity contribution in [1.82, 2.24) is 20.3 Å². The molecule has 0 radical (unpaired) electrons. The Balaban J connectivity index is 1.51. The zero-order valence-corrected chi connectivity index (χ0v) is 16.1. The lowest BCUT2D eigenvalue weighted by atomic mass is 10.1. The quantitative estimate of drug-likeness (QED) is 0.488. The number of benzene rings is 1. The van der Waals surface area contributed by atoms with Crippen LogP contribution in [0.3, 0.4) is 0 Å². The van der Waals surface area contributed by atoms with E-state index in [2.05, 4.69) is 20.3 Å². The summed E-state index contributed by atoms with van der Waals surface area (Å²) >= 11 is 0.841. The van der Waals surface area contributed by atoms with Gasteiger partial charge in [-0.3, -0.25) is 19.9 Å². The summed E-state index contributed by atoms with van der Waals surface area (Å²) in [5.41, 5.74) is 2.23. The number of nitrogens with zero attached hydrogens (tertiary/aromatic N) is 3. The lowest BCUT2D eigenvalue weighted by molar-refractivity contribution is -0.115. The predicted octanol–water partition coefficient (Wildman–Crippen LogP) is 4.40. The molecule has 1 fully saturated rings. The van der Waals surface area contributed by atoms with Gasteiger partial charge in [0.15, 0.2) is 5.75 Å². The first-order valence-electron chi connectivity index (χ1n) is 8.81. The molecule has 4 heterocycles. The number of thioether (sulfide) groups is 1. The molecule has 1 saturated heterocycles. The molecule has 1 aliphatic rings. The molecule has 2 amide bonds. The first kappa shape index (κ1) is 18.1. The van der Waals surface area contributed by atoms with Crippen LogP contribution >= 0.6 is 11.8 Å². The second kappa shape index (κ2) is 7.45. The number of carbonyl (C=O) groups excluding carboxylic acids is 2. The summed E-state index contributed by atoms with van der Waals surface area (Å²) in [6.45, 7) is 0. The topological polar surface area (TPSA) is 107 Å². The number of hydrogen-bond donors (Lipinski definition) is 1. The Morgan fingerprint density at radius 2 is 1.87 bits per heavy atom. The standard InChI is InChI=1S/C21H12N4O4S/c26-20-18(30-21(27)25-20)6-15-5-13-7-22-10-17(19(13)29-15)12-2-1-3-14(4-12)28-16-8-23-11-24-9-16/h1-11H,(H,25,26,27)/b18-6+. The van der Waals surface area contributed by atoms with E-state index in [1.165, 1.54) is 6.33 Å². The van der Waals surface area contributed by atoms with Crippen molar-refractivity contribution in [2.45, 2.75) is 0 Å². The van der Waals surface area contributed by atoms with E-state index < -0.39 is 11.1 Å². The molecule has 0 saturated carbocycles. The van der Waals surface area contributed by atoms with E-state index in [4.69, 9.17) is 9.15 Å². The molecule has 3 aromatic heterocycles. The fourth-order valence-corrected chi connectivity index (χ4v) is 3.67. The van der Waals surface area contributed by atoms with Crippen LogP contribution in [0.1, 0.15) is 5.76 Å². The Hall–Kier alpha value is -3.98. The van der Waals surface area contributed by atoms with Crippen molar-refractivity contribution in [3.8, 4) is 22.6 Å². The highest BCUT2D eigenvalue weighted by Gasteiger charge is 2.25. The predicted molar refractivity (Wildman–Crippen MR) is 111 cm³/mol. The molecule has 4 aromatic rings. The van der Waals surface area contributed by atoms with Crippen LogP contribution in [0.15, 0.2) is 70.8 Å². The van der Waals surface area contributed by atoms with Crippen molar-refractivity contribution in [2.24, 2.45) is 0 Å². The van der Waals surface area contributed by atoms with Gasteiger partial charge in [-0.25, -0.2) is 9.97 Å². The van der Waals surface area contributed by atoms with Gasteiger partial charge in [0.05, 0.1) is 17.3 Å². The molecule has 146 valence electrons. The Morgan fingerprint density at radius 1 is 1.00 bits per heavy atom. The minimum Gasteiger partial charge on any atom is -0.456 e. The third kappa shape index (κ3) is 3.53. The number of pyridine rings is 1. The highest BCUT2D eigenvalue weighted by molar-refractivity contribution is 8.18. The van der Waals surface area contributed by atoms with Crippen LogP contribution in [0.4, 0.5) is 4.79 Å². The number of carbonyl (C=O) groups is 2. The molecule has 0 aliphatic carbocycles. The van der Waals surface area contributed by atoms with Gasteiger partial charge in [0, 0.05) is 29.4 Å². The average Bonchev–Trinajstić information content (AvgIpc) is 3.30. The molecular formula is C21H12N4O4S. The first-order valence-corrected chi connectivity index (χ1v) is 9.63. The fraction of sp³-hybridized carbons (Fsp3) is 0. The summed E-state index contributed by atoms with van der Waals surface area (Å²) in [6, 6.07) is 9.25. The Morgan fingerprint density at radius 3 is 2.67 bits per heavy atom. The molecule has 0 unspecified atom stereocenters. The summed E-state index contributed by atoms with van der Waals surface area (Å²) in [5.74, 6) is 1.17. The minimum atomic E-state index is -0.432. The van der Waals surface area contributed by atoms with Crippen molar-refractivity contribution in [1.29, 1.82) is 0 Å². The first-order chi connectivity index (χ1) is 14.7. The molecule has 8 nitrogen and oxygen atoms in total. The number of aromatic nitrogens is 3. The zero-order chi connectivity index (χ0) is 20.5. The van der Waals surface area contributed by atoms with E-state index in [-0.39, 0.29) is 4.91 Å². The smallest absolute Gasteiger partial charge is 0.290 e. The maximum Gasteiger partial charge on any atom is 0.290 e. The van der Waals surface area contributed by atoms with E-state index in [1.54, 1.807) is 36.9 Å². The minimum absolute atomic E-state index is 0.286. The van der Waals surface area contributed by atoms with Crippen LogP contribution in [0.25, 0.3) is 28.2 Å². The highest BCUT2D eigenvalue weighted by Crippen LogP contribution is 2.34. The molecule has 9 heteroatoms. The number of amides is 2. The zero-order valence-electron chi connectivity index (χ0n) is 15.2. The maximum absolute atomic E-state index is 11.8. The van der Waals surface area contributed by atoms with E-state index in [9.17, 15) is 9.59 Å². The van der Waals surface area contributed by atoms with E-state index in [0.717, 1.165) is 28.3 Å². The molecule has 1 N–H and O–H groups in total. The second-order valence-electron chi connectivity index (χ2n) is 6.31. The molecule has 1 aromatic carbocycles. The number of fused-ring (bicyclic) bond motifs is 1. The summed E-state index contributed by atoms with van der Waals surface area (Å²) < 4.78 is 11.8. The molecule has 30 heavy (non-hydrogen) atoms. The van der Waals surface area contributed by atoms with E-state index in [1.807, 2.05) is 24.3 Å². The summed E-state index contributed by atoms with van der Waals surface area (Å²) in [5, 5.41) is 2.60. The normalized spacial score (nSPS) is 15.0. The third-order valence-corrected chi connectivity index (χ3v) is 5.09. The average molecular weight is 416 g/mol. The number of imide groups is 1. The summed E-state index contributed by atoms with van der Waals surface area (Å²) in [7, 11) is 0. The summed E-state index contributed by atoms with van der Waals surface area (Å²) in [6.07, 6.45) is 9.52. The number of furan rings is 1. The van der Waals surface area contributed by atoms with Crippen molar-refractivity contribution >= 4 is 40.0 Å². The SMILES string of the molecule is O=C1NC(=O)/C(=C\c2cc3cncc(-c4cccc(Oc5cncnc5)c4)c3o2)S1. The van der Waals surface area contributed by atoms with Gasteiger partial charge in [0.2, 0.25) is 0 Å². The highest BCUT2D eigenvalue weighted by atomic mass is 32.2. The van der Waals surface area contributed by atoms with Gasteiger partial charge in [-0.15, -0.1) is 0 Å². The maximum atomic E-state index is 11.8. The van der Waals surface area contributed by atoms with Crippen molar-refractivity contribution in [3.63, 3.8) is 0 Å². The van der Waals surface area contributed by atoms with Gasteiger partial charge in [0.25, 0.3) is 11.1 Å². The van der Waals surface area contributed by atoms with Crippen LogP contribution < -0.4 is 10.1 Å². The van der Waals surface area contributed by atoms with E-state index in [0.29, 0.717) is 22.8 Å². The molecular weight excluding hydrogens is 404 g/mol. The molecule has 1 aliphatic heterocycles. The monoisotopic (exact) mass is 416 g/mol. The van der Waals surface area contributed by atoms with Gasteiger partial charge in [-0.1, -0.05) is 12.1 Å². The van der Waals surface area contributed by atoms with Gasteiger partial charge < -0.3 is 9.15 Å². The Labute approximate surface area is 174 Å². The fourth-order valence-electron chi connectivity index (χ4n) is 3.01. The van der Waals surface area contributed by atoms with E-state index >= 15 is 0 Å². The van der Waals surface area contributed by atoms with Crippen LogP contribution in [0, 0.1) is 0 Å². The van der Waals surface area contributed by atoms with Crippen molar-refractivity contribution in [3.05, 3.63) is 72.1 Å². The van der Waals surface area contributed by atoms with Gasteiger partial charge >= 0.3 is 0 Å². The second-order valence-corrected chi connectivity index (χ2v) is 7.33. The van der Waals surface area contributed by atoms with Crippen LogP contribution in [0.5, 0.6) is 11.5 Å².